The van der Waals surface area contributed by atoms with Crippen LogP contribution < -0.4 is 0 Å². The van der Waals surface area contributed by atoms with E-state index in [-0.39, 0.29) is 29.8 Å². The highest BCUT2D eigenvalue weighted by molar-refractivity contribution is 5.96. The van der Waals surface area contributed by atoms with Crippen LogP contribution in [0, 0.1) is 11.8 Å². The van der Waals surface area contributed by atoms with Crippen molar-refractivity contribution in [3.63, 3.8) is 0 Å². The van der Waals surface area contributed by atoms with Gasteiger partial charge in [-0.2, -0.15) is 0 Å². The van der Waals surface area contributed by atoms with E-state index < -0.39 is 12.1 Å². The fraction of sp³-hybridized carbons (Fsp3) is 0.700. The maximum absolute atomic E-state index is 12.0. The normalized spacial score (nSPS) is 21.7. The molecule has 0 spiro atoms. The number of carboxylic acid groups (broad SMARTS) is 1. The van der Waals surface area contributed by atoms with Crippen LogP contribution in [0.15, 0.2) is 24.0 Å². The molecule has 0 amide bonds. The third-order valence-electron chi connectivity index (χ3n) is 4.73. The molecule has 1 aliphatic carbocycles. The number of aliphatic carboxylic acids is 1. The third-order valence-corrected chi connectivity index (χ3v) is 4.73. The molecule has 0 radical (unpaired) electrons. The second kappa shape index (κ2) is 11.9. The number of carbonyl (C=O) groups excluding carboxylic acids is 1. The summed E-state index contributed by atoms with van der Waals surface area (Å²) < 4.78 is 0. The van der Waals surface area contributed by atoms with Gasteiger partial charge in [0.25, 0.3) is 0 Å². The highest BCUT2D eigenvalue weighted by Gasteiger charge is 2.34. The second-order valence-corrected chi connectivity index (χ2v) is 6.90. The van der Waals surface area contributed by atoms with Crippen molar-refractivity contribution < 1.29 is 24.9 Å². The van der Waals surface area contributed by atoms with Gasteiger partial charge in [-0.25, -0.2) is 0 Å². The van der Waals surface area contributed by atoms with Gasteiger partial charge in [-0.1, -0.05) is 57.6 Å². The number of aliphatic hydroxyl groups is 2. The smallest absolute Gasteiger partial charge is 0.303 e. The van der Waals surface area contributed by atoms with Crippen LogP contribution in [0.4, 0.5) is 0 Å². The Morgan fingerprint density at radius 1 is 1.20 bits per heavy atom. The van der Waals surface area contributed by atoms with Gasteiger partial charge in [0.15, 0.2) is 5.78 Å². The Hall–Kier alpha value is -1.62. The topological polar surface area (TPSA) is 94.8 Å². The first-order valence-corrected chi connectivity index (χ1v) is 9.48. The molecular formula is C20H32O5. The van der Waals surface area contributed by atoms with Gasteiger partial charge < -0.3 is 15.3 Å². The van der Waals surface area contributed by atoms with Gasteiger partial charge in [-0.05, 0) is 19.3 Å². The number of carboxylic acids is 1. The molecule has 1 unspecified atom stereocenters. The van der Waals surface area contributed by atoms with Gasteiger partial charge in [0.1, 0.15) is 0 Å². The SMILES string of the molecule is CCCCC[C@H](O)/C=C/C1C(=O)C=C(O)[C@@H]1CCCCCCC(=O)O. The largest absolute Gasteiger partial charge is 0.512 e. The molecule has 0 heterocycles. The zero-order valence-electron chi connectivity index (χ0n) is 15.2. The zero-order chi connectivity index (χ0) is 18.7. The standard InChI is InChI=1S/C20H32O5/c1-2-3-6-9-15(21)12-13-17-16(18(22)14-19(17)23)10-7-4-5-8-11-20(24)25/h12-17,21-22H,2-11H2,1H3,(H,24,25)/b13-12+/t15-,16+,17?/m0/s1. The predicted molar refractivity (Wildman–Crippen MR) is 97.3 cm³/mol. The van der Waals surface area contributed by atoms with E-state index in [9.17, 15) is 19.8 Å². The third kappa shape index (κ3) is 8.34. The minimum Gasteiger partial charge on any atom is -0.512 e. The molecule has 0 aromatic heterocycles. The van der Waals surface area contributed by atoms with Crippen molar-refractivity contribution in [2.45, 2.75) is 77.2 Å². The van der Waals surface area contributed by atoms with Gasteiger partial charge in [0.2, 0.25) is 0 Å². The summed E-state index contributed by atoms with van der Waals surface area (Å²) >= 11 is 0. The first-order chi connectivity index (χ1) is 12.0. The molecule has 0 saturated heterocycles. The minimum atomic E-state index is -0.773. The van der Waals surface area contributed by atoms with E-state index >= 15 is 0 Å². The summed E-state index contributed by atoms with van der Waals surface area (Å²) in [5, 5.41) is 28.6. The molecule has 0 aromatic rings. The quantitative estimate of drug-likeness (QED) is 0.342. The molecule has 25 heavy (non-hydrogen) atoms. The molecule has 1 rings (SSSR count). The monoisotopic (exact) mass is 352 g/mol. The van der Waals surface area contributed by atoms with Gasteiger partial charge >= 0.3 is 5.97 Å². The van der Waals surface area contributed by atoms with Crippen LogP contribution in [0.1, 0.15) is 71.1 Å². The van der Waals surface area contributed by atoms with Crippen molar-refractivity contribution >= 4 is 11.8 Å². The average molecular weight is 352 g/mol. The van der Waals surface area contributed by atoms with Crippen molar-refractivity contribution in [3.05, 3.63) is 24.0 Å². The van der Waals surface area contributed by atoms with E-state index in [4.69, 9.17) is 5.11 Å². The summed E-state index contributed by atoms with van der Waals surface area (Å²) in [7, 11) is 0. The van der Waals surface area contributed by atoms with Crippen molar-refractivity contribution in [2.24, 2.45) is 11.8 Å². The summed E-state index contributed by atoms with van der Waals surface area (Å²) in [6.45, 7) is 2.11. The highest BCUT2D eigenvalue weighted by atomic mass is 16.4. The maximum Gasteiger partial charge on any atom is 0.303 e. The summed E-state index contributed by atoms with van der Waals surface area (Å²) in [6, 6.07) is 0. The van der Waals surface area contributed by atoms with Gasteiger partial charge in [0.05, 0.1) is 11.9 Å². The molecule has 0 bridgehead atoms. The molecule has 142 valence electrons. The fourth-order valence-corrected chi connectivity index (χ4v) is 3.23. The van der Waals surface area contributed by atoms with E-state index in [2.05, 4.69) is 6.92 Å². The van der Waals surface area contributed by atoms with E-state index in [0.29, 0.717) is 19.3 Å². The predicted octanol–water partition coefficient (Wildman–Crippen LogP) is 4.17. The first kappa shape index (κ1) is 21.4. The molecule has 0 aliphatic heterocycles. The van der Waals surface area contributed by atoms with E-state index in [1.165, 1.54) is 6.08 Å². The molecule has 1 aliphatic rings. The van der Waals surface area contributed by atoms with Crippen LogP contribution in [0.3, 0.4) is 0 Å². The lowest BCUT2D eigenvalue weighted by molar-refractivity contribution is -0.137. The minimum absolute atomic E-state index is 0.106. The first-order valence-electron chi connectivity index (χ1n) is 9.48. The number of aliphatic hydroxyl groups excluding tert-OH is 2. The molecule has 0 saturated carbocycles. The zero-order valence-corrected chi connectivity index (χ0v) is 15.2. The van der Waals surface area contributed by atoms with Crippen LogP contribution in [0.5, 0.6) is 0 Å². The summed E-state index contributed by atoms with van der Waals surface area (Å²) in [5.74, 6) is -1.35. The van der Waals surface area contributed by atoms with Crippen molar-refractivity contribution in [3.8, 4) is 0 Å². The molecule has 5 nitrogen and oxygen atoms in total. The Balaban J connectivity index is 2.40. The van der Waals surface area contributed by atoms with Gasteiger partial charge in [-0.3, -0.25) is 9.59 Å². The maximum atomic E-state index is 12.0. The van der Waals surface area contributed by atoms with Crippen LogP contribution in [0.2, 0.25) is 0 Å². The lowest BCUT2D eigenvalue weighted by atomic mass is 9.88. The summed E-state index contributed by atoms with van der Waals surface area (Å²) in [5.41, 5.74) is 0. The van der Waals surface area contributed by atoms with Crippen LogP contribution >= 0.6 is 0 Å². The van der Waals surface area contributed by atoms with E-state index in [1.807, 2.05) is 0 Å². The van der Waals surface area contributed by atoms with Crippen LogP contribution in [0.25, 0.3) is 0 Å². The number of allylic oxidation sites excluding steroid dienone is 3. The molecule has 0 aromatic carbocycles. The Kier molecular flexibility index (Phi) is 10.2. The van der Waals surface area contributed by atoms with Crippen molar-refractivity contribution in [2.75, 3.05) is 0 Å². The number of hydrogen-bond acceptors (Lipinski definition) is 4. The van der Waals surface area contributed by atoms with Crippen LogP contribution in [-0.2, 0) is 9.59 Å². The number of carbonyl (C=O) groups is 2. The Labute approximate surface area is 150 Å². The Morgan fingerprint density at radius 3 is 2.60 bits per heavy atom. The second-order valence-electron chi connectivity index (χ2n) is 6.90. The molecule has 3 N–H and O–H groups in total. The van der Waals surface area contributed by atoms with Gasteiger partial charge in [-0.15, -0.1) is 0 Å². The number of unbranched alkanes of at least 4 members (excludes halogenated alkanes) is 5. The lowest BCUT2D eigenvalue weighted by Gasteiger charge is -2.17. The number of rotatable bonds is 13. The summed E-state index contributed by atoms with van der Waals surface area (Å²) in [4.78, 5) is 22.5. The van der Waals surface area contributed by atoms with E-state index in [0.717, 1.165) is 38.5 Å². The molecule has 0 fully saturated rings. The molecular weight excluding hydrogens is 320 g/mol. The number of hydrogen-bond donors (Lipinski definition) is 3. The summed E-state index contributed by atoms with van der Waals surface area (Å²) in [6.07, 6.45) is 12.1. The highest BCUT2D eigenvalue weighted by Crippen LogP contribution is 2.33. The number of ketones is 1. The fourth-order valence-electron chi connectivity index (χ4n) is 3.23. The van der Waals surface area contributed by atoms with E-state index in [1.54, 1.807) is 12.2 Å². The average Bonchev–Trinajstić information content (AvgIpc) is 2.82. The Morgan fingerprint density at radius 2 is 1.92 bits per heavy atom. The lowest BCUT2D eigenvalue weighted by Crippen LogP contribution is -2.16. The van der Waals surface area contributed by atoms with Crippen molar-refractivity contribution in [1.82, 2.24) is 0 Å². The molecule has 5 heteroatoms. The van der Waals surface area contributed by atoms with Gasteiger partial charge in [0, 0.05) is 24.3 Å². The Bertz CT molecular complexity index is 480. The van der Waals surface area contributed by atoms with Crippen LogP contribution in [-0.4, -0.2) is 33.2 Å². The molecule has 3 atom stereocenters. The van der Waals surface area contributed by atoms with Crippen molar-refractivity contribution in [1.29, 1.82) is 0 Å².